The number of hydrogen-bond donors (Lipinski definition) is 0. The average Bonchev–Trinajstić information content (AvgIpc) is 2.87. The Labute approximate surface area is 113 Å². The van der Waals surface area contributed by atoms with Crippen LogP contribution in [-0.4, -0.2) is 23.9 Å². The molecule has 0 aliphatic heterocycles. The first-order valence-corrected chi connectivity index (χ1v) is 6.61. The van der Waals surface area contributed by atoms with E-state index in [0.717, 1.165) is 35.2 Å². The minimum atomic E-state index is 0.0473. The number of fused-ring (bicyclic) bond motifs is 1. The Bertz CT molecular complexity index is 606. The third kappa shape index (κ3) is 2.70. The van der Waals surface area contributed by atoms with Crippen molar-refractivity contribution in [3.8, 4) is 0 Å². The lowest BCUT2D eigenvalue weighted by atomic mass is 10.0. The fraction of sp³-hybridized carbons (Fsp3) is 0.312. The normalized spacial score (nSPS) is 11.8. The number of allylic oxidation sites excluding steroid dienone is 1. The smallest absolute Gasteiger partial charge is 0.246 e. The molecule has 2 aromatic rings. The molecular weight excluding hydrogens is 238 g/mol. The number of para-hydroxylation sites is 1. The van der Waals surface area contributed by atoms with Gasteiger partial charge in [0.15, 0.2) is 0 Å². The zero-order valence-corrected chi connectivity index (χ0v) is 11.6. The molecule has 0 aliphatic carbocycles. The van der Waals surface area contributed by atoms with Crippen molar-refractivity contribution in [1.29, 1.82) is 0 Å². The molecule has 0 saturated carbocycles. The summed E-state index contributed by atoms with van der Waals surface area (Å²) in [5, 5.41) is 1.06. The molecule has 1 amide bonds. The number of nitrogens with zero attached hydrogens (tertiary/aromatic N) is 1. The maximum atomic E-state index is 12.1. The summed E-state index contributed by atoms with van der Waals surface area (Å²) in [6, 6.07) is 7.89. The van der Waals surface area contributed by atoms with Gasteiger partial charge in [0.2, 0.25) is 5.91 Å². The van der Waals surface area contributed by atoms with Crippen LogP contribution in [0.25, 0.3) is 16.5 Å². The van der Waals surface area contributed by atoms with Gasteiger partial charge in [-0.2, -0.15) is 0 Å². The van der Waals surface area contributed by atoms with Gasteiger partial charge in [-0.15, -0.1) is 0 Å². The number of hydrogen-bond acceptors (Lipinski definition) is 2. The number of furan rings is 1. The molecule has 0 radical (unpaired) electrons. The Hall–Kier alpha value is -2.03. The number of amides is 1. The fourth-order valence-electron chi connectivity index (χ4n) is 2.19. The Morgan fingerprint density at radius 3 is 2.68 bits per heavy atom. The van der Waals surface area contributed by atoms with Crippen molar-refractivity contribution in [3.05, 3.63) is 42.2 Å². The van der Waals surface area contributed by atoms with E-state index in [1.165, 1.54) is 0 Å². The molecule has 1 aromatic heterocycles. The van der Waals surface area contributed by atoms with Crippen LogP contribution in [-0.2, 0) is 4.79 Å². The molecule has 100 valence electrons. The van der Waals surface area contributed by atoms with Gasteiger partial charge >= 0.3 is 0 Å². The first kappa shape index (κ1) is 13.4. The topological polar surface area (TPSA) is 33.5 Å². The van der Waals surface area contributed by atoms with Crippen molar-refractivity contribution in [1.82, 2.24) is 4.90 Å². The van der Waals surface area contributed by atoms with Crippen LogP contribution >= 0.6 is 0 Å². The Kier molecular flexibility index (Phi) is 4.05. The molecule has 3 nitrogen and oxygen atoms in total. The number of likely N-dealkylation sites (N-methyl/N-ethyl adjacent to an activating group) is 1. The fourth-order valence-corrected chi connectivity index (χ4v) is 2.19. The maximum Gasteiger partial charge on any atom is 0.246 e. The molecule has 3 heteroatoms. The molecule has 2 rings (SSSR count). The van der Waals surface area contributed by atoms with E-state index in [2.05, 4.69) is 0 Å². The van der Waals surface area contributed by atoms with E-state index in [1.807, 2.05) is 45.0 Å². The highest BCUT2D eigenvalue weighted by Crippen LogP contribution is 2.25. The predicted molar refractivity (Wildman–Crippen MR) is 77.8 cm³/mol. The van der Waals surface area contributed by atoms with Gasteiger partial charge in [0.1, 0.15) is 5.58 Å². The molecular formula is C16H19NO2. The molecule has 0 aliphatic rings. The number of carbonyl (C=O) groups is 1. The molecule has 0 saturated heterocycles. The summed E-state index contributed by atoms with van der Waals surface area (Å²) in [6.45, 7) is 7.36. The van der Waals surface area contributed by atoms with Crippen molar-refractivity contribution in [3.63, 3.8) is 0 Å². The molecule has 0 N–H and O–H groups in total. The lowest BCUT2D eigenvalue weighted by Crippen LogP contribution is -2.28. The van der Waals surface area contributed by atoms with Crippen LogP contribution in [0, 0.1) is 0 Å². The first-order valence-electron chi connectivity index (χ1n) is 6.61. The van der Waals surface area contributed by atoms with Crippen LogP contribution in [0.3, 0.4) is 0 Å². The third-order valence-electron chi connectivity index (χ3n) is 3.32. The first-order chi connectivity index (χ1) is 9.17. The predicted octanol–water partition coefficient (Wildman–Crippen LogP) is 3.70. The molecule has 1 heterocycles. The van der Waals surface area contributed by atoms with Crippen molar-refractivity contribution in [2.24, 2.45) is 0 Å². The van der Waals surface area contributed by atoms with Crippen LogP contribution in [0.2, 0.25) is 0 Å². The summed E-state index contributed by atoms with van der Waals surface area (Å²) in [5.74, 6) is 0.0473. The largest absolute Gasteiger partial charge is 0.464 e. The number of rotatable bonds is 4. The summed E-state index contributed by atoms with van der Waals surface area (Å²) in [7, 11) is 0. The molecule has 0 unspecified atom stereocenters. The monoisotopic (exact) mass is 257 g/mol. The van der Waals surface area contributed by atoms with E-state index in [1.54, 1.807) is 17.2 Å². The molecule has 0 fully saturated rings. The van der Waals surface area contributed by atoms with E-state index in [0.29, 0.717) is 0 Å². The molecule has 0 bridgehead atoms. The van der Waals surface area contributed by atoms with Crippen LogP contribution in [0.15, 0.2) is 41.0 Å². The van der Waals surface area contributed by atoms with Crippen molar-refractivity contribution in [2.45, 2.75) is 20.8 Å². The van der Waals surface area contributed by atoms with Crippen molar-refractivity contribution in [2.75, 3.05) is 13.1 Å². The highest BCUT2D eigenvalue weighted by Gasteiger charge is 2.10. The van der Waals surface area contributed by atoms with Gasteiger partial charge in [0.25, 0.3) is 0 Å². The van der Waals surface area contributed by atoms with Gasteiger partial charge in [-0.3, -0.25) is 4.79 Å². The zero-order valence-electron chi connectivity index (χ0n) is 11.6. The van der Waals surface area contributed by atoms with Gasteiger partial charge in [0, 0.05) is 30.1 Å². The van der Waals surface area contributed by atoms with E-state index < -0.39 is 0 Å². The van der Waals surface area contributed by atoms with E-state index in [9.17, 15) is 4.79 Å². The second kappa shape index (κ2) is 5.74. The highest BCUT2D eigenvalue weighted by molar-refractivity contribution is 5.98. The third-order valence-corrected chi connectivity index (χ3v) is 3.32. The van der Waals surface area contributed by atoms with Gasteiger partial charge in [-0.05, 0) is 32.4 Å². The standard InChI is InChI=1S/C16H19NO2/c1-4-17(5-2)15(18)11-12(3)14-8-6-7-13-9-10-19-16(13)14/h6-11H,4-5H2,1-3H3/b12-11-. The van der Waals surface area contributed by atoms with Crippen LogP contribution in [0.4, 0.5) is 0 Å². The van der Waals surface area contributed by atoms with Crippen molar-refractivity contribution >= 4 is 22.4 Å². The van der Waals surface area contributed by atoms with Crippen LogP contribution < -0.4 is 0 Å². The number of benzene rings is 1. The van der Waals surface area contributed by atoms with Crippen LogP contribution in [0.5, 0.6) is 0 Å². The minimum Gasteiger partial charge on any atom is -0.464 e. The SMILES string of the molecule is CCN(CC)C(=O)/C=C(/C)c1cccc2ccoc12. The Morgan fingerprint density at radius 1 is 1.26 bits per heavy atom. The van der Waals surface area contributed by atoms with E-state index >= 15 is 0 Å². The summed E-state index contributed by atoms with van der Waals surface area (Å²) >= 11 is 0. The molecule has 0 spiro atoms. The number of carbonyl (C=O) groups excluding carboxylic acids is 1. The summed E-state index contributed by atoms with van der Waals surface area (Å²) < 4.78 is 5.50. The van der Waals surface area contributed by atoms with Gasteiger partial charge < -0.3 is 9.32 Å². The molecule has 19 heavy (non-hydrogen) atoms. The second-order valence-electron chi connectivity index (χ2n) is 4.48. The average molecular weight is 257 g/mol. The quantitative estimate of drug-likeness (QED) is 0.782. The van der Waals surface area contributed by atoms with E-state index in [-0.39, 0.29) is 5.91 Å². The van der Waals surface area contributed by atoms with Gasteiger partial charge in [0.05, 0.1) is 6.26 Å². The van der Waals surface area contributed by atoms with Gasteiger partial charge in [-0.25, -0.2) is 0 Å². The van der Waals surface area contributed by atoms with E-state index in [4.69, 9.17) is 4.42 Å². The molecule has 1 aromatic carbocycles. The highest BCUT2D eigenvalue weighted by atomic mass is 16.3. The Balaban J connectivity index is 2.36. The maximum absolute atomic E-state index is 12.1. The summed E-state index contributed by atoms with van der Waals surface area (Å²) in [6.07, 6.45) is 3.36. The Morgan fingerprint density at radius 2 is 2.00 bits per heavy atom. The molecule has 0 atom stereocenters. The summed E-state index contributed by atoms with van der Waals surface area (Å²) in [5.41, 5.74) is 2.74. The van der Waals surface area contributed by atoms with Crippen molar-refractivity contribution < 1.29 is 9.21 Å². The van der Waals surface area contributed by atoms with Gasteiger partial charge in [-0.1, -0.05) is 18.2 Å². The lowest BCUT2D eigenvalue weighted by Gasteiger charge is -2.16. The second-order valence-corrected chi connectivity index (χ2v) is 4.48. The van der Waals surface area contributed by atoms with Crippen LogP contribution in [0.1, 0.15) is 26.3 Å². The summed E-state index contributed by atoms with van der Waals surface area (Å²) in [4.78, 5) is 13.9. The minimum absolute atomic E-state index is 0.0473. The lowest BCUT2D eigenvalue weighted by molar-refractivity contribution is -0.125. The zero-order chi connectivity index (χ0) is 13.8.